The molecule has 3 N–H and O–H groups in total. The van der Waals surface area contributed by atoms with Gasteiger partial charge in [0.1, 0.15) is 12.4 Å². The largest absolute Gasteiger partial charge is 0.458 e. The average molecular weight is 574 g/mol. The van der Waals surface area contributed by atoms with Crippen molar-refractivity contribution in [3.05, 3.63) is 88.8 Å². The van der Waals surface area contributed by atoms with E-state index in [0.717, 1.165) is 56.6 Å². The minimum absolute atomic E-state index is 0.0677. The molecule has 0 radical (unpaired) electrons. The van der Waals surface area contributed by atoms with Gasteiger partial charge < -0.3 is 25.2 Å². The maximum Gasteiger partial charge on any atom is 0.412 e. The van der Waals surface area contributed by atoms with Gasteiger partial charge in [0.05, 0.1) is 11.2 Å². The summed E-state index contributed by atoms with van der Waals surface area (Å²) in [6, 6.07) is 5.40. The zero-order valence-electron chi connectivity index (χ0n) is 25.7. The number of fused-ring (bicyclic) bond motifs is 1. The number of benzene rings is 1. The highest BCUT2D eigenvalue weighted by Crippen LogP contribution is 2.37. The fraction of sp³-hybridized carbons (Fsp3) is 0.382. The lowest BCUT2D eigenvalue weighted by atomic mass is 9.82. The third kappa shape index (κ3) is 6.82. The van der Waals surface area contributed by atoms with E-state index in [2.05, 4.69) is 44.2 Å². The molecule has 42 heavy (non-hydrogen) atoms. The third-order valence-corrected chi connectivity index (χ3v) is 7.56. The number of carbonyl (C=O) groups excluding carboxylic acids is 2. The molecule has 1 unspecified atom stereocenters. The molecule has 2 aromatic rings. The third-order valence-electron chi connectivity index (χ3n) is 7.56. The molecule has 1 aromatic carbocycles. The van der Waals surface area contributed by atoms with Gasteiger partial charge in [-0.15, -0.1) is 0 Å². The first-order chi connectivity index (χ1) is 19.9. The van der Waals surface area contributed by atoms with Crippen LogP contribution in [0.15, 0.2) is 72.0 Å². The number of rotatable bonds is 12. The molecule has 1 aliphatic rings. The van der Waals surface area contributed by atoms with Crippen LogP contribution in [0.3, 0.4) is 0 Å². The summed E-state index contributed by atoms with van der Waals surface area (Å²) in [5, 5.41) is 18.1. The first kappa shape index (κ1) is 32.3. The van der Waals surface area contributed by atoms with Gasteiger partial charge in [-0.05, 0) is 86.1 Å². The van der Waals surface area contributed by atoms with Crippen LogP contribution in [0.5, 0.6) is 5.75 Å². The van der Waals surface area contributed by atoms with E-state index in [-0.39, 0.29) is 13.0 Å². The molecule has 0 saturated carbocycles. The molecular weight excluding hydrogens is 530 g/mol. The highest BCUT2D eigenvalue weighted by Gasteiger charge is 2.44. The van der Waals surface area contributed by atoms with Crippen molar-refractivity contribution in [2.45, 2.75) is 66.4 Å². The Bertz CT molecular complexity index is 1500. The number of aliphatic hydroxyl groups is 1. The molecule has 8 heteroatoms. The summed E-state index contributed by atoms with van der Waals surface area (Å²) in [5.74, 6) is -0.238. The molecule has 224 valence electrons. The summed E-state index contributed by atoms with van der Waals surface area (Å²) < 4.78 is 10.9. The number of allylic oxidation sites excluding steroid dienone is 2. The fourth-order valence-corrected chi connectivity index (χ4v) is 5.07. The van der Waals surface area contributed by atoms with Gasteiger partial charge in [-0.2, -0.15) is 0 Å². The van der Waals surface area contributed by atoms with Crippen LogP contribution in [0.1, 0.15) is 64.8 Å². The van der Waals surface area contributed by atoms with Gasteiger partial charge in [-0.1, -0.05) is 52.2 Å². The molecule has 2 heterocycles. The van der Waals surface area contributed by atoms with E-state index in [1.54, 1.807) is 13.0 Å². The second-order valence-electron chi connectivity index (χ2n) is 10.6. The number of carbonyl (C=O) groups is 2. The molecule has 3 rings (SSSR count). The smallest absolute Gasteiger partial charge is 0.412 e. The number of nitrogens with one attached hydrogen (secondary N) is 2. The maximum atomic E-state index is 12.6. The van der Waals surface area contributed by atoms with Crippen molar-refractivity contribution in [3.8, 4) is 5.75 Å². The SMILES string of the molecule is C=C(C)C(=C)NCCNC(=O)Oc1ccc2nc(/C(C)=C/C3=C(C(=C)C)COC(=O)C3(O)CC)c(CC)c(CC)c2c1. The van der Waals surface area contributed by atoms with Crippen molar-refractivity contribution in [3.63, 3.8) is 0 Å². The van der Waals surface area contributed by atoms with Gasteiger partial charge >= 0.3 is 12.1 Å². The number of esters is 1. The molecule has 0 fully saturated rings. The van der Waals surface area contributed by atoms with E-state index in [0.29, 0.717) is 36.4 Å². The van der Waals surface area contributed by atoms with Gasteiger partial charge in [0, 0.05) is 29.7 Å². The van der Waals surface area contributed by atoms with Crippen LogP contribution in [0, 0.1) is 0 Å². The van der Waals surface area contributed by atoms with Gasteiger partial charge in [0.25, 0.3) is 0 Å². The molecular formula is C34H43N3O5. The van der Waals surface area contributed by atoms with Gasteiger partial charge in [-0.3, -0.25) is 0 Å². The van der Waals surface area contributed by atoms with Gasteiger partial charge in [0.15, 0.2) is 5.60 Å². The molecule has 1 atom stereocenters. The van der Waals surface area contributed by atoms with Crippen molar-refractivity contribution < 1.29 is 24.2 Å². The molecule has 0 spiro atoms. The minimum Gasteiger partial charge on any atom is -0.458 e. The number of aryl methyl sites for hydroxylation is 1. The Morgan fingerprint density at radius 3 is 2.36 bits per heavy atom. The van der Waals surface area contributed by atoms with Gasteiger partial charge in [0.2, 0.25) is 0 Å². The van der Waals surface area contributed by atoms with Crippen LogP contribution >= 0.6 is 0 Å². The number of cyclic esters (lactones) is 1. The van der Waals surface area contributed by atoms with Crippen LogP contribution in [-0.4, -0.2) is 47.5 Å². The number of hydrogen-bond acceptors (Lipinski definition) is 7. The molecule has 0 bridgehead atoms. The van der Waals surface area contributed by atoms with Crippen molar-refractivity contribution >= 4 is 28.5 Å². The monoisotopic (exact) mass is 573 g/mol. The number of ether oxygens (including phenoxy) is 2. The highest BCUT2D eigenvalue weighted by atomic mass is 16.6. The quantitative estimate of drug-likeness (QED) is 0.160. The van der Waals surface area contributed by atoms with E-state index < -0.39 is 17.7 Å². The van der Waals surface area contributed by atoms with E-state index >= 15 is 0 Å². The van der Waals surface area contributed by atoms with Crippen LogP contribution in [0.2, 0.25) is 0 Å². The molecule has 0 saturated heterocycles. The van der Waals surface area contributed by atoms with Crippen LogP contribution in [0.4, 0.5) is 4.79 Å². The number of amides is 1. The topological polar surface area (TPSA) is 110 Å². The summed E-state index contributed by atoms with van der Waals surface area (Å²) in [7, 11) is 0. The second kappa shape index (κ2) is 13.7. The standard InChI is InChI=1S/C34H43N3O5/c1-10-25-26(11-2)31(22(8)17-29-28(21(6)7)19-41-32(38)34(29,40)12-3)37-30-14-13-24(18-27(25)30)42-33(39)36-16-15-35-23(9)20(4)5/h13-14,17-18,35,40H,4,6,9-12,15-16,19H2,1-3,5,7-8H3,(H,36,39)/b22-17+. The van der Waals surface area contributed by atoms with Gasteiger partial charge in [-0.25, -0.2) is 14.6 Å². The van der Waals surface area contributed by atoms with E-state index in [1.807, 2.05) is 39.0 Å². The predicted molar refractivity (Wildman–Crippen MR) is 168 cm³/mol. The number of pyridine rings is 1. The Hall–Kier alpha value is -4.17. The normalized spacial score (nSPS) is 17.1. The van der Waals surface area contributed by atoms with Crippen LogP contribution in [-0.2, 0) is 22.4 Å². The molecule has 1 aromatic heterocycles. The minimum atomic E-state index is -1.76. The summed E-state index contributed by atoms with van der Waals surface area (Å²) >= 11 is 0. The first-order valence-electron chi connectivity index (χ1n) is 14.3. The van der Waals surface area contributed by atoms with E-state index in [4.69, 9.17) is 14.5 Å². The molecule has 1 aliphatic heterocycles. The van der Waals surface area contributed by atoms with E-state index in [1.165, 1.54) is 0 Å². The zero-order valence-corrected chi connectivity index (χ0v) is 25.7. The van der Waals surface area contributed by atoms with Crippen molar-refractivity contribution in [2.24, 2.45) is 0 Å². The lowest BCUT2D eigenvalue weighted by Crippen LogP contribution is -2.45. The maximum absolute atomic E-state index is 12.6. The number of aromatic nitrogens is 1. The average Bonchev–Trinajstić information content (AvgIpc) is 2.96. The van der Waals surface area contributed by atoms with Crippen molar-refractivity contribution in [1.29, 1.82) is 0 Å². The predicted octanol–water partition coefficient (Wildman–Crippen LogP) is 6.10. The summed E-state index contributed by atoms with van der Waals surface area (Å²) in [4.78, 5) is 30.1. The summed E-state index contributed by atoms with van der Waals surface area (Å²) in [6.07, 6.45) is 2.92. The molecule has 1 amide bonds. The first-order valence-corrected chi connectivity index (χ1v) is 14.3. The second-order valence-corrected chi connectivity index (χ2v) is 10.6. The fourth-order valence-electron chi connectivity index (χ4n) is 5.07. The molecule has 8 nitrogen and oxygen atoms in total. The van der Waals surface area contributed by atoms with Crippen LogP contribution < -0.4 is 15.4 Å². The highest BCUT2D eigenvalue weighted by molar-refractivity contribution is 5.90. The lowest BCUT2D eigenvalue weighted by molar-refractivity contribution is -0.162. The Labute approximate surface area is 248 Å². The molecule has 0 aliphatic carbocycles. The zero-order chi connectivity index (χ0) is 31.2. The summed E-state index contributed by atoms with van der Waals surface area (Å²) in [6.45, 7) is 24.2. The Morgan fingerprint density at radius 1 is 1.10 bits per heavy atom. The number of hydrogen-bond donors (Lipinski definition) is 3. The Kier molecular flexibility index (Phi) is 10.5. The Balaban J connectivity index is 1.97. The summed E-state index contributed by atoms with van der Waals surface area (Å²) in [5.41, 5.74) is 6.28. The van der Waals surface area contributed by atoms with E-state index in [9.17, 15) is 14.7 Å². The Morgan fingerprint density at radius 2 is 1.76 bits per heavy atom. The number of nitrogens with zero attached hydrogens (tertiary/aromatic N) is 1. The van der Waals surface area contributed by atoms with Crippen molar-refractivity contribution in [2.75, 3.05) is 19.7 Å². The van der Waals surface area contributed by atoms with Crippen LogP contribution in [0.25, 0.3) is 16.5 Å². The van der Waals surface area contributed by atoms with Crippen molar-refractivity contribution in [1.82, 2.24) is 15.6 Å². The lowest BCUT2D eigenvalue weighted by Gasteiger charge is -2.33.